The Morgan fingerprint density at radius 3 is 2.26 bits per heavy atom. The minimum atomic E-state index is -4.49. The molecule has 0 aliphatic carbocycles. The number of aryl methyl sites for hydroxylation is 1. The van der Waals surface area contributed by atoms with E-state index in [1.54, 1.807) is 18.2 Å². The van der Waals surface area contributed by atoms with Crippen LogP contribution in [0.4, 0.5) is 19.0 Å². The van der Waals surface area contributed by atoms with Crippen LogP contribution in [0.2, 0.25) is 0 Å². The van der Waals surface area contributed by atoms with Crippen LogP contribution in [0.25, 0.3) is 33.4 Å². The van der Waals surface area contributed by atoms with E-state index in [-0.39, 0.29) is 11.9 Å². The molecule has 4 nitrogen and oxygen atoms in total. The lowest BCUT2D eigenvalue weighted by Crippen LogP contribution is -2.25. The van der Waals surface area contributed by atoms with Crippen molar-refractivity contribution in [2.24, 2.45) is 0 Å². The molecule has 1 unspecified atom stereocenters. The first-order valence-corrected chi connectivity index (χ1v) is 13.2. The highest BCUT2D eigenvalue weighted by Crippen LogP contribution is 2.37. The summed E-state index contributed by atoms with van der Waals surface area (Å²) in [4.78, 5) is 11.9. The maximum absolute atomic E-state index is 13.9. The van der Waals surface area contributed by atoms with E-state index in [0.717, 1.165) is 55.0 Å². The van der Waals surface area contributed by atoms with E-state index in [4.69, 9.17) is 9.97 Å². The third-order valence-electron chi connectivity index (χ3n) is 6.94. The molecule has 4 aromatic rings. The molecule has 1 heterocycles. The number of hydrogen-bond acceptors (Lipinski definition) is 4. The van der Waals surface area contributed by atoms with Crippen LogP contribution in [0.3, 0.4) is 0 Å². The van der Waals surface area contributed by atoms with Gasteiger partial charge < -0.3 is 10.2 Å². The molecule has 0 spiro atoms. The normalized spacial score (nSPS) is 12.7. The Kier molecular flexibility index (Phi) is 8.67. The van der Waals surface area contributed by atoms with Gasteiger partial charge in [0.05, 0.1) is 11.1 Å². The Morgan fingerprint density at radius 2 is 1.58 bits per heavy atom. The average molecular weight is 521 g/mol. The van der Waals surface area contributed by atoms with Crippen molar-refractivity contribution in [1.82, 2.24) is 14.9 Å². The van der Waals surface area contributed by atoms with Gasteiger partial charge in [0.2, 0.25) is 0 Å². The predicted molar refractivity (Wildman–Crippen MR) is 150 cm³/mol. The second-order valence-corrected chi connectivity index (χ2v) is 9.74. The van der Waals surface area contributed by atoms with Crippen molar-refractivity contribution in [2.75, 3.05) is 25.0 Å². The summed E-state index contributed by atoms with van der Waals surface area (Å²) < 4.78 is 41.8. The van der Waals surface area contributed by atoms with Crippen LogP contribution in [0.1, 0.15) is 44.7 Å². The number of rotatable bonds is 10. The lowest BCUT2D eigenvalue weighted by Gasteiger charge is -2.21. The van der Waals surface area contributed by atoms with Gasteiger partial charge in [-0.15, -0.1) is 0 Å². The van der Waals surface area contributed by atoms with Crippen LogP contribution >= 0.6 is 0 Å². The summed E-state index contributed by atoms with van der Waals surface area (Å²) in [7, 11) is 0. The molecule has 200 valence electrons. The average Bonchev–Trinajstić information content (AvgIpc) is 2.91. The Balaban J connectivity index is 1.75. The van der Waals surface area contributed by atoms with Crippen molar-refractivity contribution in [1.29, 1.82) is 0 Å². The number of hydrogen-bond donors (Lipinski definition) is 1. The van der Waals surface area contributed by atoms with E-state index < -0.39 is 11.7 Å². The summed E-state index contributed by atoms with van der Waals surface area (Å²) in [5.41, 5.74) is 2.47. The lowest BCUT2D eigenvalue weighted by atomic mass is 9.99. The molecule has 1 N–H and O–H groups in total. The fraction of sp³-hybridized carbons (Fsp3) is 0.355. The number of fused-ring (bicyclic) bond motifs is 1. The molecule has 1 aromatic heterocycles. The highest BCUT2D eigenvalue weighted by Gasteiger charge is 2.32. The molecule has 7 heteroatoms. The minimum absolute atomic E-state index is 0.137. The minimum Gasteiger partial charge on any atom is -0.367 e. The number of alkyl halides is 3. The number of anilines is 1. The summed E-state index contributed by atoms with van der Waals surface area (Å²) in [5.74, 6) is 0.913. The zero-order valence-electron chi connectivity index (χ0n) is 22.4. The van der Waals surface area contributed by atoms with E-state index in [9.17, 15) is 13.2 Å². The maximum atomic E-state index is 13.9. The third kappa shape index (κ3) is 6.51. The van der Waals surface area contributed by atoms with Crippen molar-refractivity contribution in [2.45, 2.75) is 52.8 Å². The van der Waals surface area contributed by atoms with Crippen molar-refractivity contribution in [3.8, 4) is 22.5 Å². The standard InChI is InChI=1S/C31H35F3N4/c1-5-38(6-2)17-11-13-22(4)35-30-27-16-10-12-21(3)28(27)36-29(37-30)25-18-24(23-14-8-7-9-15-23)19-26(20-25)31(32,33)34/h7-10,12,14-16,18-20,22H,5-6,11,13,17H2,1-4H3,(H,35,36,37). The largest absolute Gasteiger partial charge is 0.416 e. The van der Waals surface area contributed by atoms with Gasteiger partial charge in [-0.05, 0) is 87.3 Å². The van der Waals surface area contributed by atoms with Crippen molar-refractivity contribution >= 4 is 16.7 Å². The van der Waals surface area contributed by atoms with Crippen molar-refractivity contribution in [3.63, 3.8) is 0 Å². The second kappa shape index (κ2) is 11.9. The molecule has 38 heavy (non-hydrogen) atoms. The molecule has 0 fully saturated rings. The summed E-state index contributed by atoms with van der Waals surface area (Å²) in [6.45, 7) is 11.5. The summed E-state index contributed by atoms with van der Waals surface area (Å²) in [5, 5.41) is 4.39. The Morgan fingerprint density at radius 1 is 0.868 bits per heavy atom. The summed E-state index contributed by atoms with van der Waals surface area (Å²) >= 11 is 0. The highest BCUT2D eigenvalue weighted by molar-refractivity contribution is 5.93. The van der Waals surface area contributed by atoms with Crippen LogP contribution in [0, 0.1) is 6.92 Å². The van der Waals surface area contributed by atoms with Gasteiger partial charge in [0.1, 0.15) is 5.82 Å². The molecule has 0 radical (unpaired) electrons. The molecule has 0 amide bonds. The van der Waals surface area contributed by atoms with Crippen molar-refractivity contribution < 1.29 is 13.2 Å². The number of benzene rings is 3. The highest BCUT2D eigenvalue weighted by atomic mass is 19.4. The monoisotopic (exact) mass is 520 g/mol. The lowest BCUT2D eigenvalue weighted by molar-refractivity contribution is -0.137. The first kappa shape index (κ1) is 27.6. The molecule has 0 saturated carbocycles. The SMILES string of the molecule is CCN(CC)CCCC(C)Nc1nc(-c2cc(-c3ccccc3)cc(C(F)(F)F)c2)nc2c(C)cccc12. The van der Waals surface area contributed by atoms with Gasteiger partial charge in [0.25, 0.3) is 0 Å². The molecule has 4 rings (SSSR count). The quantitative estimate of drug-likeness (QED) is 0.229. The Hall–Kier alpha value is -3.45. The van der Waals surface area contributed by atoms with Gasteiger partial charge in [0.15, 0.2) is 5.82 Å². The van der Waals surface area contributed by atoms with E-state index >= 15 is 0 Å². The number of halogens is 3. The number of nitrogens with zero attached hydrogens (tertiary/aromatic N) is 3. The van der Waals surface area contributed by atoms with E-state index in [2.05, 4.69) is 31.0 Å². The fourth-order valence-electron chi connectivity index (χ4n) is 4.72. The van der Waals surface area contributed by atoms with E-state index in [1.807, 2.05) is 43.3 Å². The molecule has 0 aliphatic rings. The molecule has 0 bridgehead atoms. The van der Waals surface area contributed by atoms with Crippen molar-refractivity contribution in [3.05, 3.63) is 77.9 Å². The van der Waals surface area contributed by atoms with Gasteiger partial charge in [-0.1, -0.05) is 56.3 Å². The number of aromatic nitrogens is 2. The maximum Gasteiger partial charge on any atom is 0.416 e. The van der Waals surface area contributed by atoms with Crippen LogP contribution in [-0.2, 0) is 6.18 Å². The Bertz CT molecular complexity index is 1370. The van der Waals surface area contributed by atoms with Gasteiger partial charge in [0, 0.05) is 17.0 Å². The van der Waals surface area contributed by atoms with E-state index in [1.165, 1.54) is 6.07 Å². The van der Waals surface area contributed by atoms with Gasteiger partial charge in [-0.2, -0.15) is 13.2 Å². The van der Waals surface area contributed by atoms with Gasteiger partial charge >= 0.3 is 6.18 Å². The number of nitrogens with one attached hydrogen (secondary N) is 1. The zero-order chi connectivity index (χ0) is 27.3. The van der Waals surface area contributed by atoms with Crippen LogP contribution in [0.5, 0.6) is 0 Å². The molecule has 0 saturated heterocycles. The topological polar surface area (TPSA) is 41.0 Å². The molecule has 0 aliphatic heterocycles. The predicted octanol–water partition coefficient (Wildman–Crippen LogP) is 8.21. The Labute approximate surface area is 222 Å². The fourth-order valence-corrected chi connectivity index (χ4v) is 4.72. The van der Waals surface area contributed by atoms with Crippen LogP contribution < -0.4 is 5.32 Å². The zero-order valence-corrected chi connectivity index (χ0v) is 22.4. The molecular formula is C31H35F3N4. The smallest absolute Gasteiger partial charge is 0.367 e. The van der Waals surface area contributed by atoms with E-state index in [0.29, 0.717) is 22.5 Å². The molecular weight excluding hydrogens is 485 g/mol. The van der Waals surface area contributed by atoms with Gasteiger partial charge in [-0.3, -0.25) is 0 Å². The second-order valence-electron chi connectivity index (χ2n) is 9.74. The first-order chi connectivity index (χ1) is 18.2. The molecule has 1 atom stereocenters. The third-order valence-corrected chi connectivity index (χ3v) is 6.94. The van der Waals surface area contributed by atoms with Crippen LogP contribution in [0.15, 0.2) is 66.7 Å². The first-order valence-electron chi connectivity index (χ1n) is 13.2. The summed E-state index contributed by atoms with van der Waals surface area (Å²) in [6, 6.07) is 19.1. The molecule has 3 aromatic carbocycles. The number of para-hydroxylation sites is 1. The van der Waals surface area contributed by atoms with Crippen LogP contribution in [-0.4, -0.2) is 40.5 Å². The summed E-state index contributed by atoms with van der Waals surface area (Å²) in [6.07, 6.45) is -2.50. The van der Waals surface area contributed by atoms with Gasteiger partial charge in [-0.25, -0.2) is 9.97 Å².